The standard InChI is InChI=1S/C13H10N2OS/c1-15-11(9-5-3-2-4-6-9)7-12(17)10(8-14)13(15)16/h2-7,17H,1H3. The second-order valence-corrected chi connectivity index (χ2v) is 4.11. The summed E-state index contributed by atoms with van der Waals surface area (Å²) in [7, 11) is 1.65. The third-order valence-corrected chi connectivity index (χ3v) is 2.94. The van der Waals surface area contributed by atoms with Gasteiger partial charge in [0.1, 0.15) is 11.6 Å². The molecule has 3 nitrogen and oxygen atoms in total. The number of hydrogen-bond acceptors (Lipinski definition) is 3. The minimum atomic E-state index is -0.321. The summed E-state index contributed by atoms with van der Waals surface area (Å²) in [5.74, 6) is 0. The van der Waals surface area contributed by atoms with Crippen LogP contribution in [0.5, 0.6) is 0 Å². The zero-order chi connectivity index (χ0) is 12.4. The molecule has 0 saturated carbocycles. The van der Waals surface area contributed by atoms with E-state index in [1.54, 1.807) is 13.1 Å². The van der Waals surface area contributed by atoms with E-state index in [4.69, 9.17) is 5.26 Å². The van der Waals surface area contributed by atoms with Crippen molar-refractivity contribution in [2.75, 3.05) is 0 Å². The summed E-state index contributed by atoms with van der Waals surface area (Å²) in [5.41, 5.74) is 1.43. The molecule has 2 aromatic rings. The number of benzene rings is 1. The molecule has 1 heterocycles. The van der Waals surface area contributed by atoms with E-state index in [9.17, 15) is 4.79 Å². The molecule has 17 heavy (non-hydrogen) atoms. The van der Waals surface area contributed by atoms with E-state index >= 15 is 0 Å². The predicted molar refractivity (Wildman–Crippen MR) is 69.1 cm³/mol. The molecular formula is C13H10N2OS. The molecule has 0 saturated heterocycles. The lowest BCUT2D eigenvalue weighted by Gasteiger charge is -2.10. The summed E-state index contributed by atoms with van der Waals surface area (Å²) in [6.45, 7) is 0. The minimum Gasteiger partial charge on any atom is -0.310 e. The lowest BCUT2D eigenvalue weighted by molar-refractivity contribution is 0.854. The number of hydrogen-bond donors (Lipinski definition) is 1. The van der Waals surface area contributed by atoms with Gasteiger partial charge in [-0.05, 0) is 11.6 Å². The number of nitriles is 1. The third kappa shape index (κ3) is 1.97. The zero-order valence-corrected chi connectivity index (χ0v) is 10.1. The average Bonchev–Trinajstić information content (AvgIpc) is 2.35. The van der Waals surface area contributed by atoms with Gasteiger partial charge in [0.05, 0.1) is 5.69 Å². The van der Waals surface area contributed by atoms with Crippen LogP contribution in [0.4, 0.5) is 0 Å². The number of nitrogens with zero attached hydrogens (tertiary/aromatic N) is 2. The first-order valence-corrected chi connectivity index (χ1v) is 5.48. The topological polar surface area (TPSA) is 45.8 Å². The van der Waals surface area contributed by atoms with E-state index < -0.39 is 0 Å². The SMILES string of the molecule is Cn1c(-c2ccccc2)cc(S)c(C#N)c1=O. The van der Waals surface area contributed by atoms with Crippen molar-refractivity contribution in [2.45, 2.75) is 4.90 Å². The Kier molecular flexibility index (Phi) is 3.03. The fourth-order valence-corrected chi connectivity index (χ4v) is 1.94. The highest BCUT2D eigenvalue weighted by atomic mass is 32.1. The molecule has 0 radical (unpaired) electrons. The van der Waals surface area contributed by atoms with Crippen molar-refractivity contribution < 1.29 is 0 Å². The van der Waals surface area contributed by atoms with Gasteiger partial charge < -0.3 is 4.57 Å². The van der Waals surface area contributed by atoms with Gasteiger partial charge in [-0.3, -0.25) is 4.79 Å². The third-order valence-electron chi connectivity index (χ3n) is 2.59. The van der Waals surface area contributed by atoms with E-state index in [1.165, 1.54) is 4.57 Å². The van der Waals surface area contributed by atoms with Crippen molar-refractivity contribution in [3.63, 3.8) is 0 Å². The maximum Gasteiger partial charge on any atom is 0.269 e. The Morgan fingerprint density at radius 2 is 1.94 bits per heavy atom. The van der Waals surface area contributed by atoms with Crippen molar-refractivity contribution in [1.82, 2.24) is 4.57 Å². The van der Waals surface area contributed by atoms with Gasteiger partial charge in [0, 0.05) is 11.9 Å². The van der Waals surface area contributed by atoms with E-state index in [-0.39, 0.29) is 11.1 Å². The van der Waals surface area contributed by atoms with Gasteiger partial charge in [-0.1, -0.05) is 30.3 Å². The maximum absolute atomic E-state index is 11.9. The van der Waals surface area contributed by atoms with Crippen molar-refractivity contribution in [3.05, 3.63) is 52.3 Å². The van der Waals surface area contributed by atoms with Crippen LogP contribution < -0.4 is 5.56 Å². The molecule has 0 aliphatic carbocycles. The van der Waals surface area contributed by atoms with Crippen LogP contribution in [0.25, 0.3) is 11.3 Å². The second-order valence-electron chi connectivity index (χ2n) is 3.63. The fourth-order valence-electron chi connectivity index (χ4n) is 1.68. The van der Waals surface area contributed by atoms with Crippen molar-refractivity contribution in [1.29, 1.82) is 5.26 Å². The summed E-state index contributed by atoms with van der Waals surface area (Å²) in [4.78, 5) is 12.3. The fraction of sp³-hybridized carbons (Fsp3) is 0.0769. The van der Waals surface area contributed by atoms with E-state index in [0.29, 0.717) is 4.90 Å². The highest BCUT2D eigenvalue weighted by molar-refractivity contribution is 7.80. The number of aromatic nitrogens is 1. The molecule has 0 aliphatic rings. The quantitative estimate of drug-likeness (QED) is 0.779. The first-order valence-electron chi connectivity index (χ1n) is 5.03. The maximum atomic E-state index is 11.9. The Hall–Kier alpha value is -1.99. The normalized spacial score (nSPS) is 9.94. The Bertz CT molecular complexity index is 654. The first-order chi connectivity index (χ1) is 8.15. The monoisotopic (exact) mass is 242 g/mol. The molecule has 0 spiro atoms. The molecule has 0 bridgehead atoms. The largest absolute Gasteiger partial charge is 0.310 e. The van der Waals surface area contributed by atoms with E-state index in [2.05, 4.69) is 12.6 Å². The second kappa shape index (κ2) is 4.48. The summed E-state index contributed by atoms with van der Waals surface area (Å²) in [6, 6.07) is 13.1. The van der Waals surface area contributed by atoms with Crippen LogP contribution >= 0.6 is 12.6 Å². The highest BCUT2D eigenvalue weighted by Gasteiger charge is 2.11. The molecule has 0 unspecified atom stereocenters. The van der Waals surface area contributed by atoms with Crippen LogP contribution in [0, 0.1) is 11.3 Å². The molecule has 0 amide bonds. The lowest BCUT2D eigenvalue weighted by atomic mass is 10.1. The smallest absolute Gasteiger partial charge is 0.269 e. The van der Waals surface area contributed by atoms with Gasteiger partial charge in [0.25, 0.3) is 5.56 Å². The Balaban J connectivity index is 2.75. The Morgan fingerprint density at radius 1 is 1.29 bits per heavy atom. The molecule has 0 fully saturated rings. The molecular weight excluding hydrogens is 232 g/mol. The van der Waals surface area contributed by atoms with Gasteiger partial charge in [-0.15, -0.1) is 12.6 Å². The average molecular weight is 242 g/mol. The van der Waals surface area contributed by atoms with Gasteiger partial charge in [-0.25, -0.2) is 0 Å². The summed E-state index contributed by atoms with van der Waals surface area (Å²) in [5, 5.41) is 8.87. The molecule has 2 rings (SSSR count). The zero-order valence-electron chi connectivity index (χ0n) is 9.21. The van der Waals surface area contributed by atoms with Crippen LogP contribution in [0.1, 0.15) is 5.56 Å². The van der Waals surface area contributed by atoms with Crippen LogP contribution in [0.3, 0.4) is 0 Å². The lowest BCUT2D eigenvalue weighted by Crippen LogP contribution is -2.21. The Labute approximate surface area is 104 Å². The van der Waals surface area contributed by atoms with Gasteiger partial charge in [-0.2, -0.15) is 5.26 Å². The summed E-state index contributed by atoms with van der Waals surface area (Å²) in [6.07, 6.45) is 0. The van der Waals surface area contributed by atoms with E-state index in [1.807, 2.05) is 36.4 Å². The van der Waals surface area contributed by atoms with Crippen LogP contribution in [-0.2, 0) is 7.05 Å². The highest BCUT2D eigenvalue weighted by Crippen LogP contribution is 2.21. The number of rotatable bonds is 1. The van der Waals surface area contributed by atoms with Crippen molar-refractivity contribution >= 4 is 12.6 Å². The van der Waals surface area contributed by atoms with Crippen molar-refractivity contribution in [2.24, 2.45) is 7.05 Å². The van der Waals surface area contributed by atoms with Gasteiger partial charge in [0.2, 0.25) is 0 Å². The predicted octanol–water partition coefficient (Wildman–Crippen LogP) is 2.21. The number of pyridine rings is 1. The van der Waals surface area contributed by atoms with Gasteiger partial charge in [0.15, 0.2) is 0 Å². The molecule has 84 valence electrons. The van der Waals surface area contributed by atoms with Crippen LogP contribution in [0.2, 0.25) is 0 Å². The van der Waals surface area contributed by atoms with Crippen molar-refractivity contribution in [3.8, 4) is 17.3 Å². The van der Waals surface area contributed by atoms with Gasteiger partial charge >= 0.3 is 0 Å². The molecule has 1 aromatic carbocycles. The Morgan fingerprint density at radius 3 is 2.53 bits per heavy atom. The minimum absolute atomic E-state index is 0.0792. The summed E-state index contributed by atoms with van der Waals surface area (Å²) < 4.78 is 1.47. The molecule has 4 heteroatoms. The van der Waals surface area contributed by atoms with E-state index in [0.717, 1.165) is 11.3 Å². The molecule has 0 N–H and O–H groups in total. The molecule has 0 aliphatic heterocycles. The first kappa shape index (κ1) is 11.5. The summed E-state index contributed by atoms with van der Waals surface area (Å²) >= 11 is 4.18. The van der Waals surface area contributed by atoms with Crippen LogP contribution in [-0.4, -0.2) is 4.57 Å². The van der Waals surface area contributed by atoms with Crippen LogP contribution in [0.15, 0.2) is 46.1 Å². The molecule has 0 atom stereocenters. The molecule has 1 aromatic heterocycles. The number of thiol groups is 1.